The smallest absolute Gasteiger partial charge is 0.330 e. The zero-order valence-corrected chi connectivity index (χ0v) is 16.0. The van der Waals surface area contributed by atoms with Gasteiger partial charge in [0.25, 0.3) is 0 Å². The molecule has 4 heteroatoms. The number of aryl methyl sites for hydroxylation is 1. The van der Waals surface area contributed by atoms with Crippen LogP contribution < -0.4 is 0 Å². The molecule has 0 amide bonds. The molecular weight excluding hydrogens is 328 g/mol. The average Bonchev–Trinajstić information content (AvgIpc) is 2.64. The zero-order valence-electron chi connectivity index (χ0n) is 16.0. The maximum absolute atomic E-state index is 10.5. The highest BCUT2D eigenvalue weighted by Crippen LogP contribution is 2.20. The van der Waals surface area contributed by atoms with Gasteiger partial charge in [-0.2, -0.15) is 0 Å². The van der Waals surface area contributed by atoms with Gasteiger partial charge in [0, 0.05) is 11.1 Å². The van der Waals surface area contributed by atoms with Gasteiger partial charge in [-0.15, -0.1) is 0 Å². The first kappa shape index (κ1) is 23.6. The molecule has 144 valence electrons. The Morgan fingerprint density at radius 1 is 1.00 bits per heavy atom. The van der Waals surface area contributed by atoms with E-state index in [0.717, 1.165) is 24.8 Å². The van der Waals surface area contributed by atoms with Gasteiger partial charge in [0.1, 0.15) is 0 Å². The Balaban J connectivity index is 0.000000481. The Kier molecular flexibility index (Phi) is 12.6. The first-order valence-electron chi connectivity index (χ1n) is 9.17. The molecule has 0 radical (unpaired) electrons. The number of benzene rings is 1. The molecule has 4 nitrogen and oxygen atoms in total. The zero-order chi connectivity index (χ0) is 19.9. The summed E-state index contributed by atoms with van der Waals surface area (Å²) in [6, 6.07) is 9.79. The topological polar surface area (TPSA) is 74.6 Å². The van der Waals surface area contributed by atoms with Crippen molar-refractivity contribution in [2.75, 3.05) is 0 Å². The number of hydrogen-bond acceptors (Lipinski definition) is 2. The van der Waals surface area contributed by atoms with Crippen LogP contribution in [-0.2, 0) is 16.0 Å². The van der Waals surface area contributed by atoms with Crippen molar-refractivity contribution in [1.29, 1.82) is 0 Å². The van der Waals surface area contributed by atoms with E-state index in [1.54, 1.807) is 0 Å². The van der Waals surface area contributed by atoms with Crippen LogP contribution in [-0.4, -0.2) is 22.2 Å². The van der Waals surface area contributed by atoms with Crippen LogP contribution in [0.4, 0.5) is 0 Å². The lowest BCUT2D eigenvalue weighted by Crippen LogP contribution is -2.06. The van der Waals surface area contributed by atoms with Crippen LogP contribution in [0.1, 0.15) is 57.9 Å². The molecule has 1 aromatic rings. The van der Waals surface area contributed by atoms with Crippen LogP contribution in [0, 0.1) is 5.92 Å². The fourth-order valence-electron chi connectivity index (χ4n) is 2.43. The molecule has 0 aliphatic carbocycles. The number of hydrogen-bond donors (Lipinski definition) is 2. The van der Waals surface area contributed by atoms with E-state index in [4.69, 9.17) is 10.2 Å². The highest BCUT2D eigenvalue weighted by Gasteiger charge is 2.11. The average molecular weight is 360 g/mol. The molecule has 0 spiro atoms. The summed E-state index contributed by atoms with van der Waals surface area (Å²) in [4.78, 5) is 20.9. The van der Waals surface area contributed by atoms with Gasteiger partial charge in [0.2, 0.25) is 0 Å². The SMILES string of the molecule is C=C(CC(CC)CCCC)C(=O)O.C=C(CCc1ccccc1)C(=O)O. The second-order valence-corrected chi connectivity index (χ2v) is 6.42. The van der Waals surface area contributed by atoms with Gasteiger partial charge in [0.05, 0.1) is 0 Å². The second-order valence-electron chi connectivity index (χ2n) is 6.42. The van der Waals surface area contributed by atoms with E-state index in [-0.39, 0.29) is 5.57 Å². The molecule has 1 rings (SSSR count). The molecule has 1 aromatic carbocycles. The molecule has 0 saturated heterocycles. The number of rotatable bonds is 11. The third kappa shape index (κ3) is 11.2. The van der Waals surface area contributed by atoms with Crippen molar-refractivity contribution in [3.05, 3.63) is 60.2 Å². The van der Waals surface area contributed by atoms with Crippen LogP contribution in [0.2, 0.25) is 0 Å². The number of carbonyl (C=O) groups is 2. The molecule has 0 heterocycles. The summed E-state index contributed by atoms with van der Waals surface area (Å²) in [5.41, 5.74) is 1.76. The van der Waals surface area contributed by atoms with Crippen LogP contribution in [0.15, 0.2) is 54.6 Å². The van der Waals surface area contributed by atoms with E-state index in [2.05, 4.69) is 27.0 Å². The van der Waals surface area contributed by atoms with Crippen LogP contribution in [0.25, 0.3) is 0 Å². The Labute approximate surface area is 157 Å². The second kappa shape index (κ2) is 13.9. The standard InChI is InChI=1S/C11H12O2.C11H20O2/c1-9(11(12)13)7-8-10-5-3-2-4-6-10;1-4-6-7-10(5-2)8-9(3)11(12)13/h2-6H,1,7-8H2,(H,12,13);10H,3-8H2,1-2H3,(H,12,13). The first-order chi connectivity index (χ1) is 12.3. The van der Waals surface area contributed by atoms with Crippen molar-refractivity contribution in [1.82, 2.24) is 0 Å². The van der Waals surface area contributed by atoms with E-state index in [9.17, 15) is 9.59 Å². The van der Waals surface area contributed by atoms with Crippen molar-refractivity contribution >= 4 is 11.9 Å². The minimum atomic E-state index is -0.907. The van der Waals surface area contributed by atoms with Gasteiger partial charge in [-0.1, -0.05) is 83.0 Å². The summed E-state index contributed by atoms with van der Waals surface area (Å²) in [5.74, 6) is -1.26. The highest BCUT2D eigenvalue weighted by atomic mass is 16.4. The summed E-state index contributed by atoms with van der Waals surface area (Å²) in [6.07, 6.45) is 6.43. The summed E-state index contributed by atoms with van der Waals surface area (Å²) in [7, 11) is 0. The molecule has 26 heavy (non-hydrogen) atoms. The van der Waals surface area contributed by atoms with Gasteiger partial charge in [-0.25, -0.2) is 9.59 Å². The van der Waals surface area contributed by atoms with Gasteiger partial charge in [0.15, 0.2) is 0 Å². The third-order valence-corrected chi connectivity index (χ3v) is 4.24. The fraction of sp³-hybridized carbons (Fsp3) is 0.455. The van der Waals surface area contributed by atoms with Gasteiger partial charge in [-0.3, -0.25) is 0 Å². The van der Waals surface area contributed by atoms with Crippen LogP contribution in [0.5, 0.6) is 0 Å². The molecule has 1 atom stereocenters. The maximum Gasteiger partial charge on any atom is 0.330 e. The molecule has 0 saturated carbocycles. The molecule has 0 aliphatic heterocycles. The maximum atomic E-state index is 10.5. The monoisotopic (exact) mass is 360 g/mol. The lowest BCUT2D eigenvalue weighted by Gasteiger charge is -2.13. The quantitative estimate of drug-likeness (QED) is 0.511. The molecule has 2 N–H and O–H groups in total. The number of carboxylic acids is 2. The van der Waals surface area contributed by atoms with Crippen molar-refractivity contribution in [3.8, 4) is 0 Å². The predicted molar refractivity (Wildman–Crippen MR) is 106 cm³/mol. The summed E-state index contributed by atoms with van der Waals surface area (Å²) in [5, 5.41) is 17.2. The number of carboxylic acid groups (broad SMARTS) is 2. The van der Waals surface area contributed by atoms with Crippen molar-refractivity contribution < 1.29 is 19.8 Å². The lowest BCUT2D eigenvalue weighted by atomic mass is 9.92. The Morgan fingerprint density at radius 2 is 1.58 bits per heavy atom. The predicted octanol–water partition coefficient (Wildman–Crippen LogP) is 5.49. The minimum Gasteiger partial charge on any atom is -0.478 e. The van der Waals surface area contributed by atoms with Crippen LogP contribution >= 0.6 is 0 Å². The molecule has 0 aliphatic rings. The fourth-order valence-corrected chi connectivity index (χ4v) is 2.43. The van der Waals surface area contributed by atoms with Gasteiger partial charge in [-0.05, 0) is 30.7 Å². The molecule has 1 unspecified atom stereocenters. The Bertz CT molecular complexity index is 575. The minimum absolute atomic E-state index is 0.267. The third-order valence-electron chi connectivity index (χ3n) is 4.24. The van der Waals surface area contributed by atoms with E-state index >= 15 is 0 Å². The van der Waals surface area contributed by atoms with Crippen molar-refractivity contribution in [3.63, 3.8) is 0 Å². The Hall–Kier alpha value is -2.36. The number of aliphatic carboxylic acids is 2. The van der Waals surface area contributed by atoms with Crippen molar-refractivity contribution in [2.24, 2.45) is 5.92 Å². The largest absolute Gasteiger partial charge is 0.478 e. The van der Waals surface area contributed by atoms with Crippen LogP contribution in [0.3, 0.4) is 0 Å². The molecule has 0 aromatic heterocycles. The van der Waals surface area contributed by atoms with E-state index < -0.39 is 11.9 Å². The van der Waals surface area contributed by atoms with E-state index in [0.29, 0.717) is 24.3 Å². The molecule has 0 fully saturated rings. The normalized spacial score (nSPS) is 11.0. The summed E-state index contributed by atoms with van der Waals surface area (Å²) >= 11 is 0. The number of unbranched alkanes of at least 4 members (excludes halogenated alkanes) is 1. The van der Waals surface area contributed by atoms with E-state index in [1.807, 2.05) is 30.3 Å². The molecule has 0 bridgehead atoms. The summed E-state index contributed by atoms with van der Waals surface area (Å²) < 4.78 is 0. The van der Waals surface area contributed by atoms with Crippen molar-refractivity contribution in [2.45, 2.75) is 58.8 Å². The highest BCUT2D eigenvalue weighted by molar-refractivity contribution is 5.86. The van der Waals surface area contributed by atoms with E-state index in [1.165, 1.54) is 12.8 Å². The first-order valence-corrected chi connectivity index (χ1v) is 9.17. The Morgan fingerprint density at radius 3 is 2.04 bits per heavy atom. The lowest BCUT2D eigenvalue weighted by molar-refractivity contribution is -0.133. The van der Waals surface area contributed by atoms with Gasteiger partial charge < -0.3 is 10.2 Å². The summed E-state index contributed by atoms with van der Waals surface area (Å²) in [6.45, 7) is 11.3. The molecular formula is C22H32O4. The van der Waals surface area contributed by atoms with Gasteiger partial charge >= 0.3 is 11.9 Å².